The van der Waals surface area contributed by atoms with Gasteiger partial charge in [0.05, 0.1) is 15.1 Å². The first-order valence-electron chi connectivity index (χ1n) is 11.8. The molecule has 0 bridgehead atoms. The van der Waals surface area contributed by atoms with Gasteiger partial charge in [-0.2, -0.15) is 13.2 Å². The van der Waals surface area contributed by atoms with Crippen LogP contribution in [0.25, 0.3) is 0 Å². The van der Waals surface area contributed by atoms with Crippen molar-refractivity contribution < 1.29 is 27.2 Å². The fourth-order valence-corrected chi connectivity index (χ4v) is 4.02. The molecule has 38 heavy (non-hydrogen) atoms. The van der Waals surface area contributed by atoms with E-state index in [1.54, 1.807) is 0 Å². The SMILES string of the molecule is C=C(C)\C(=C/C=C(C)/C(F)=C/C(c1cc(Cl)c(Cl)c(Cl)c1)C(F)(F)F)C(=O)N[C@H](C)C(=O)NCCC1CC1. The smallest absolute Gasteiger partial charge is 0.354 e. The number of hydrogen-bond donors (Lipinski definition) is 2. The van der Waals surface area contributed by atoms with Crippen molar-refractivity contribution in [2.45, 2.75) is 58.2 Å². The van der Waals surface area contributed by atoms with E-state index in [4.69, 9.17) is 34.8 Å². The summed E-state index contributed by atoms with van der Waals surface area (Å²) in [6, 6.07) is 1.11. The monoisotopic (exact) mass is 594 g/mol. The minimum absolute atomic E-state index is 0.0402. The van der Waals surface area contributed by atoms with E-state index < -0.39 is 29.9 Å². The van der Waals surface area contributed by atoms with E-state index in [-0.39, 0.29) is 37.7 Å². The standard InChI is InChI=1S/C27H29Cl3F4N2O2/c1-14(2)19(26(38)36-16(4)25(37)35-10-9-17-6-7-17)8-5-15(3)23(31)13-20(27(32,33)34)18-11-21(28)24(30)22(29)12-18/h5,8,11-13,16-17,20H,1,6-7,9-10H2,2-4H3,(H,35,37)(H,36,38)/b15-5+,19-8+,23-13-/t16-,20?/m1/s1. The number of carbonyl (C=O) groups is 2. The maximum absolute atomic E-state index is 14.9. The van der Waals surface area contributed by atoms with E-state index in [0.717, 1.165) is 24.6 Å². The van der Waals surface area contributed by atoms with Gasteiger partial charge in [0.2, 0.25) is 5.91 Å². The van der Waals surface area contributed by atoms with E-state index in [9.17, 15) is 27.2 Å². The predicted molar refractivity (Wildman–Crippen MR) is 144 cm³/mol. The molecule has 2 amide bonds. The van der Waals surface area contributed by atoms with Gasteiger partial charge in [0.1, 0.15) is 17.8 Å². The van der Waals surface area contributed by atoms with Gasteiger partial charge in [-0.05, 0) is 74.1 Å². The van der Waals surface area contributed by atoms with Crippen molar-refractivity contribution in [1.29, 1.82) is 0 Å². The van der Waals surface area contributed by atoms with E-state index in [0.29, 0.717) is 24.1 Å². The van der Waals surface area contributed by atoms with Crippen LogP contribution >= 0.6 is 34.8 Å². The average Bonchev–Trinajstić information content (AvgIpc) is 3.63. The van der Waals surface area contributed by atoms with Crippen LogP contribution in [0.2, 0.25) is 15.1 Å². The Balaban J connectivity index is 2.21. The Morgan fingerprint density at radius 3 is 2.21 bits per heavy atom. The molecule has 208 valence electrons. The summed E-state index contributed by atoms with van der Waals surface area (Å²) in [5, 5.41) is 4.81. The normalized spacial score (nSPS) is 16.6. The number of halogens is 7. The molecule has 0 saturated heterocycles. The van der Waals surface area contributed by atoms with Crippen molar-refractivity contribution >= 4 is 46.6 Å². The summed E-state index contributed by atoms with van der Waals surface area (Å²) < 4.78 is 56.2. The summed E-state index contributed by atoms with van der Waals surface area (Å²) in [6.45, 7) is 8.55. The minimum atomic E-state index is -4.86. The Kier molecular flexibility index (Phi) is 11.5. The molecular formula is C27H29Cl3F4N2O2. The molecule has 1 unspecified atom stereocenters. The number of benzene rings is 1. The van der Waals surface area contributed by atoms with Gasteiger partial charge in [0, 0.05) is 12.1 Å². The molecule has 11 heteroatoms. The lowest BCUT2D eigenvalue weighted by Crippen LogP contribution is -2.45. The summed E-state index contributed by atoms with van der Waals surface area (Å²) in [5.74, 6) is -3.85. The molecule has 0 aliphatic heterocycles. The lowest BCUT2D eigenvalue weighted by Gasteiger charge is -2.19. The summed E-state index contributed by atoms with van der Waals surface area (Å²) in [7, 11) is 0. The molecule has 0 spiro atoms. The molecule has 2 atom stereocenters. The van der Waals surface area contributed by atoms with Crippen LogP contribution in [-0.4, -0.2) is 30.6 Å². The third-order valence-electron chi connectivity index (χ3n) is 5.90. The second-order valence-electron chi connectivity index (χ2n) is 9.26. The second-order valence-corrected chi connectivity index (χ2v) is 10.5. The van der Waals surface area contributed by atoms with Gasteiger partial charge < -0.3 is 10.6 Å². The fraction of sp³-hybridized carbons (Fsp3) is 0.407. The topological polar surface area (TPSA) is 58.2 Å². The minimum Gasteiger partial charge on any atom is -0.354 e. The largest absolute Gasteiger partial charge is 0.399 e. The summed E-state index contributed by atoms with van der Waals surface area (Å²) in [6.07, 6.45) is 1.15. The van der Waals surface area contributed by atoms with Crippen molar-refractivity contribution in [3.63, 3.8) is 0 Å². The van der Waals surface area contributed by atoms with Crippen LogP contribution in [0.4, 0.5) is 17.6 Å². The zero-order chi connectivity index (χ0) is 28.8. The fourth-order valence-electron chi connectivity index (χ4n) is 3.41. The number of alkyl halides is 3. The molecule has 2 N–H and O–H groups in total. The van der Waals surface area contributed by atoms with Crippen LogP contribution in [0.15, 0.2) is 59.5 Å². The lowest BCUT2D eigenvalue weighted by molar-refractivity contribution is -0.139. The predicted octanol–water partition coefficient (Wildman–Crippen LogP) is 8.02. The van der Waals surface area contributed by atoms with Gasteiger partial charge in [-0.25, -0.2) is 4.39 Å². The van der Waals surface area contributed by atoms with Crippen LogP contribution in [-0.2, 0) is 9.59 Å². The molecule has 2 rings (SSSR count). The third kappa shape index (κ3) is 9.47. The first-order chi connectivity index (χ1) is 17.6. The van der Waals surface area contributed by atoms with E-state index in [1.165, 1.54) is 39.7 Å². The molecule has 1 saturated carbocycles. The van der Waals surface area contributed by atoms with Crippen molar-refractivity contribution in [3.8, 4) is 0 Å². The van der Waals surface area contributed by atoms with E-state index >= 15 is 0 Å². The van der Waals surface area contributed by atoms with Crippen LogP contribution in [0, 0.1) is 5.92 Å². The van der Waals surface area contributed by atoms with Gasteiger partial charge in [0.15, 0.2) is 0 Å². The van der Waals surface area contributed by atoms with Crippen molar-refractivity contribution in [1.82, 2.24) is 10.6 Å². The van der Waals surface area contributed by atoms with Crippen molar-refractivity contribution in [2.24, 2.45) is 5.92 Å². The number of amides is 2. The van der Waals surface area contributed by atoms with Gasteiger partial charge in [-0.1, -0.05) is 60.3 Å². The van der Waals surface area contributed by atoms with Crippen LogP contribution < -0.4 is 10.6 Å². The highest BCUT2D eigenvalue weighted by Gasteiger charge is 2.40. The van der Waals surface area contributed by atoms with Crippen molar-refractivity contribution in [3.05, 3.63) is 80.1 Å². The Morgan fingerprint density at radius 1 is 1.13 bits per heavy atom. The number of hydrogen-bond acceptors (Lipinski definition) is 2. The van der Waals surface area contributed by atoms with Gasteiger partial charge in [-0.3, -0.25) is 9.59 Å². The highest BCUT2D eigenvalue weighted by Crippen LogP contribution is 2.41. The molecule has 0 aromatic heterocycles. The summed E-state index contributed by atoms with van der Waals surface area (Å²) in [4.78, 5) is 25.0. The van der Waals surface area contributed by atoms with Crippen LogP contribution in [0.5, 0.6) is 0 Å². The van der Waals surface area contributed by atoms with Crippen molar-refractivity contribution in [2.75, 3.05) is 6.54 Å². The summed E-state index contributed by atoms with van der Waals surface area (Å²) >= 11 is 17.5. The highest BCUT2D eigenvalue weighted by molar-refractivity contribution is 6.48. The first kappa shape index (κ1) is 31.9. The van der Waals surface area contributed by atoms with Gasteiger partial charge in [-0.15, -0.1) is 0 Å². The lowest BCUT2D eigenvalue weighted by atomic mass is 9.96. The van der Waals surface area contributed by atoms with Gasteiger partial charge in [0.25, 0.3) is 5.91 Å². The summed E-state index contributed by atoms with van der Waals surface area (Å²) in [5.41, 5.74) is -0.209. The molecule has 0 heterocycles. The molecule has 1 aliphatic rings. The molecule has 1 aliphatic carbocycles. The Labute approximate surface area is 234 Å². The number of carbonyl (C=O) groups excluding carboxylic acids is 2. The first-order valence-corrected chi connectivity index (χ1v) is 13.0. The maximum Gasteiger partial charge on any atom is 0.399 e. The van der Waals surface area contributed by atoms with Crippen LogP contribution in [0.3, 0.4) is 0 Å². The maximum atomic E-state index is 14.9. The Bertz CT molecular complexity index is 1150. The van der Waals surface area contributed by atoms with E-state index in [2.05, 4.69) is 17.2 Å². The third-order valence-corrected chi connectivity index (χ3v) is 7.10. The molecule has 1 fully saturated rings. The number of allylic oxidation sites excluding steroid dienone is 5. The average molecular weight is 596 g/mol. The molecular weight excluding hydrogens is 567 g/mol. The van der Waals surface area contributed by atoms with Crippen LogP contribution in [0.1, 0.15) is 51.5 Å². The molecule has 4 nitrogen and oxygen atoms in total. The Hall–Kier alpha value is -2.29. The Morgan fingerprint density at radius 2 is 1.71 bits per heavy atom. The van der Waals surface area contributed by atoms with E-state index in [1.807, 2.05) is 0 Å². The highest BCUT2D eigenvalue weighted by atomic mass is 35.5. The second kappa shape index (κ2) is 13.7. The molecule has 0 radical (unpaired) electrons. The number of rotatable bonds is 11. The molecule has 1 aromatic rings. The quantitative estimate of drug-likeness (QED) is 0.118. The zero-order valence-corrected chi connectivity index (χ0v) is 23.4. The van der Waals surface area contributed by atoms with Gasteiger partial charge >= 0.3 is 6.18 Å². The zero-order valence-electron chi connectivity index (χ0n) is 21.1. The molecule has 1 aromatic carbocycles. The number of nitrogens with one attached hydrogen (secondary N) is 2.